The zero-order valence-corrected chi connectivity index (χ0v) is 19.6. The van der Waals surface area contributed by atoms with Crippen LogP contribution in [0.3, 0.4) is 0 Å². The quantitative estimate of drug-likeness (QED) is 0.688. The number of ether oxygens (including phenoxy) is 1. The first-order chi connectivity index (χ1) is 15.4. The number of rotatable bonds is 6. The molecule has 0 spiro atoms. The molecule has 32 heavy (non-hydrogen) atoms. The number of aryl methyl sites for hydroxylation is 3. The minimum absolute atomic E-state index is 0.0177. The molecule has 4 rings (SSSR count). The van der Waals surface area contributed by atoms with Gasteiger partial charge >= 0.3 is 0 Å². The molecule has 0 saturated carbocycles. The third-order valence-electron chi connectivity index (χ3n) is 5.57. The number of amidine groups is 1. The fraction of sp³-hybridized carbons (Fsp3) is 0.400. The fourth-order valence-corrected chi connectivity index (χ4v) is 5.20. The van der Waals surface area contributed by atoms with E-state index in [2.05, 4.69) is 11.4 Å². The Kier molecular flexibility index (Phi) is 6.96. The van der Waals surface area contributed by atoms with Crippen molar-refractivity contribution in [3.8, 4) is 0 Å². The van der Waals surface area contributed by atoms with Crippen LogP contribution in [0.4, 0.5) is 11.4 Å². The largest absolute Gasteiger partial charge is 0.376 e. The molecule has 2 fully saturated rings. The Morgan fingerprint density at radius 3 is 2.50 bits per heavy atom. The maximum atomic E-state index is 13.2. The first-order valence-corrected chi connectivity index (χ1v) is 11.9. The van der Waals surface area contributed by atoms with Crippen molar-refractivity contribution in [1.82, 2.24) is 4.90 Å². The highest BCUT2D eigenvalue weighted by Crippen LogP contribution is 2.33. The summed E-state index contributed by atoms with van der Waals surface area (Å²) in [4.78, 5) is 32.4. The standard InChI is InChI=1S/C25H29N3O3S/c1-16-6-8-19(9-7-16)26-23(29)14-22-24(30)28(15-21-5-4-10-31-21)25(32-22)27-20-12-17(2)11-18(3)13-20/h6-9,11-13,21-22H,4-5,10,14-15H2,1-3H3,(H,26,29). The average molecular weight is 452 g/mol. The van der Waals surface area contributed by atoms with E-state index in [1.54, 1.807) is 4.90 Å². The summed E-state index contributed by atoms with van der Waals surface area (Å²) in [5, 5.41) is 3.04. The second-order valence-electron chi connectivity index (χ2n) is 8.55. The van der Waals surface area contributed by atoms with Gasteiger partial charge in [0.15, 0.2) is 5.17 Å². The summed E-state index contributed by atoms with van der Waals surface area (Å²) in [7, 11) is 0. The van der Waals surface area contributed by atoms with Crippen LogP contribution in [0, 0.1) is 20.8 Å². The number of amides is 2. The van der Waals surface area contributed by atoms with E-state index in [1.165, 1.54) is 11.8 Å². The molecule has 7 heteroatoms. The molecule has 0 aromatic heterocycles. The topological polar surface area (TPSA) is 71.0 Å². The van der Waals surface area contributed by atoms with Crippen LogP contribution in [-0.4, -0.2) is 46.4 Å². The van der Waals surface area contributed by atoms with Crippen molar-refractivity contribution >= 4 is 40.1 Å². The normalized spacial score (nSPS) is 22.0. The van der Waals surface area contributed by atoms with E-state index >= 15 is 0 Å². The zero-order valence-electron chi connectivity index (χ0n) is 18.8. The SMILES string of the molecule is Cc1ccc(NC(=O)CC2SC(=Nc3cc(C)cc(C)c3)N(CC3CCCO3)C2=O)cc1. The highest BCUT2D eigenvalue weighted by atomic mass is 32.2. The van der Waals surface area contributed by atoms with E-state index in [4.69, 9.17) is 9.73 Å². The van der Waals surface area contributed by atoms with Crippen molar-refractivity contribution < 1.29 is 14.3 Å². The number of anilines is 1. The molecule has 2 unspecified atom stereocenters. The van der Waals surface area contributed by atoms with Gasteiger partial charge in [0.1, 0.15) is 5.25 Å². The van der Waals surface area contributed by atoms with Gasteiger partial charge in [-0.1, -0.05) is 35.5 Å². The van der Waals surface area contributed by atoms with Crippen LogP contribution in [0.1, 0.15) is 36.0 Å². The minimum Gasteiger partial charge on any atom is -0.376 e. The zero-order chi connectivity index (χ0) is 22.7. The van der Waals surface area contributed by atoms with Crippen LogP contribution >= 0.6 is 11.8 Å². The maximum absolute atomic E-state index is 13.2. The average Bonchev–Trinajstić information content (AvgIpc) is 3.33. The Morgan fingerprint density at radius 2 is 1.84 bits per heavy atom. The van der Waals surface area contributed by atoms with Gasteiger partial charge in [0.25, 0.3) is 0 Å². The van der Waals surface area contributed by atoms with Gasteiger partial charge in [-0.2, -0.15) is 0 Å². The van der Waals surface area contributed by atoms with Crippen LogP contribution < -0.4 is 5.32 Å². The number of hydrogen-bond acceptors (Lipinski definition) is 5. The van der Waals surface area contributed by atoms with Gasteiger partial charge in [0.2, 0.25) is 11.8 Å². The highest BCUT2D eigenvalue weighted by molar-refractivity contribution is 8.15. The molecule has 0 bridgehead atoms. The highest BCUT2D eigenvalue weighted by Gasteiger charge is 2.40. The van der Waals surface area contributed by atoms with Gasteiger partial charge in [-0.3, -0.25) is 14.5 Å². The van der Waals surface area contributed by atoms with E-state index in [1.807, 2.05) is 57.2 Å². The molecule has 168 valence electrons. The second-order valence-corrected chi connectivity index (χ2v) is 9.72. The Balaban J connectivity index is 1.51. The molecule has 2 aromatic carbocycles. The number of carbonyl (C=O) groups is 2. The van der Waals surface area contributed by atoms with Crippen molar-refractivity contribution in [2.75, 3.05) is 18.5 Å². The van der Waals surface area contributed by atoms with Gasteiger partial charge < -0.3 is 10.1 Å². The van der Waals surface area contributed by atoms with Crippen LogP contribution in [0.15, 0.2) is 47.5 Å². The lowest BCUT2D eigenvalue weighted by atomic mass is 10.1. The van der Waals surface area contributed by atoms with Crippen molar-refractivity contribution in [2.45, 2.75) is 51.4 Å². The summed E-state index contributed by atoms with van der Waals surface area (Å²) >= 11 is 1.37. The summed E-state index contributed by atoms with van der Waals surface area (Å²) in [6, 6.07) is 13.7. The maximum Gasteiger partial charge on any atom is 0.242 e. The van der Waals surface area contributed by atoms with Crippen molar-refractivity contribution in [1.29, 1.82) is 0 Å². The smallest absolute Gasteiger partial charge is 0.242 e. The lowest BCUT2D eigenvalue weighted by Crippen LogP contribution is -2.38. The van der Waals surface area contributed by atoms with E-state index in [0.717, 1.165) is 47.5 Å². The Bertz CT molecular complexity index is 1010. The van der Waals surface area contributed by atoms with Crippen LogP contribution in [-0.2, 0) is 14.3 Å². The van der Waals surface area contributed by atoms with Gasteiger partial charge in [-0.25, -0.2) is 4.99 Å². The molecule has 0 aliphatic carbocycles. The molecule has 1 N–H and O–H groups in total. The molecule has 2 amide bonds. The number of aliphatic imine (C=N–C) groups is 1. The van der Waals surface area contributed by atoms with Crippen LogP contribution in [0.2, 0.25) is 0 Å². The Labute approximate surface area is 193 Å². The fourth-order valence-electron chi connectivity index (χ4n) is 4.03. The molecular weight excluding hydrogens is 422 g/mol. The summed E-state index contributed by atoms with van der Waals surface area (Å²) in [5.74, 6) is -0.253. The van der Waals surface area contributed by atoms with Gasteiger partial charge in [-0.05, 0) is 69.0 Å². The lowest BCUT2D eigenvalue weighted by molar-refractivity contribution is -0.129. The first kappa shape index (κ1) is 22.6. The number of hydrogen-bond donors (Lipinski definition) is 1. The summed E-state index contributed by atoms with van der Waals surface area (Å²) in [5.41, 5.74) is 4.93. The van der Waals surface area contributed by atoms with E-state index in [9.17, 15) is 9.59 Å². The molecule has 6 nitrogen and oxygen atoms in total. The first-order valence-electron chi connectivity index (χ1n) is 11.0. The Morgan fingerprint density at radius 1 is 1.12 bits per heavy atom. The van der Waals surface area contributed by atoms with Gasteiger partial charge in [-0.15, -0.1) is 0 Å². The monoisotopic (exact) mass is 451 g/mol. The summed E-state index contributed by atoms with van der Waals surface area (Å²) in [6.07, 6.45) is 2.06. The summed E-state index contributed by atoms with van der Waals surface area (Å²) < 4.78 is 5.77. The predicted octanol–water partition coefficient (Wildman–Crippen LogP) is 4.75. The van der Waals surface area contributed by atoms with Crippen LogP contribution in [0.5, 0.6) is 0 Å². The molecule has 2 saturated heterocycles. The van der Waals surface area contributed by atoms with E-state index < -0.39 is 5.25 Å². The number of carbonyl (C=O) groups excluding carboxylic acids is 2. The third-order valence-corrected chi connectivity index (χ3v) is 6.74. The van der Waals surface area contributed by atoms with Gasteiger partial charge in [0, 0.05) is 18.7 Å². The molecule has 2 aliphatic heterocycles. The molecule has 2 aliphatic rings. The number of nitrogens with one attached hydrogen (secondary N) is 1. The molecule has 0 radical (unpaired) electrons. The van der Waals surface area contributed by atoms with Crippen molar-refractivity contribution in [3.63, 3.8) is 0 Å². The van der Waals surface area contributed by atoms with Gasteiger partial charge in [0.05, 0.1) is 18.3 Å². The number of nitrogens with zero attached hydrogens (tertiary/aromatic N) is 2. The van der Waals surface area contributed by atoms with Crippen molar-refractivity contribution in [2.24, 2.45) is 4.99 Å². The number of thioether (sulfide) groups is 1. The van der Waals surface area contributed by atoms with Crippen LogP contribution in [0.25, 0.3) is 0 Å². The van der Waals surface area contributed by atoms with E-state index in [-0.39, 0.29) is 24.3 Å². The molecular formula is C25H29N3O3S. The number of benzene rings is 2. The molecule has 2 atom stereocenters. The minimum atomic E-state index is -0.494. The lowest BCUT2D eigenvalue weighted by Gasteiger charge is -2.20. The molecule has 2 aromatic rings. The second kappa shape index (κ2) is 9.88. The summed E-state index contributed by atoms with van der Waals surface area (Å²) in [6.45, 7) is 7.27. The van der Waals surface area contributed by atoms with E-state index in [0.29, 0.717) is 11.7 Å². The third kappa shape index (κ3) is 5.58. The predicted molar refractivity (Wildman–Crippen MR) is 130 cm³/mol. The Hall–Kier alpha value is -2.64. The molecule has 2 heterocycles. The van der Waals surface area contributed by atoms with Crippen molar-refractivity contribution in [3.05, 3.63) is 59.2 Å².